The molecule has 0 saturated carbocycles. The highest BCUT2D eigenvalue weighted by atomic mass is 19.3. The van der Waals surface area contributed by atoms with E-state index in [0.29, 0.717) is 12.4 Å². The number of nitrogens with zero attached hydrogens (tertiary/aromatic N) is 1. The van der Waals surface area contributed by atoms with Crippen LogP contribution >= 0.6 is 0 Å². The van der Waals surface area contributed by atoms with Crippen molar-refractivity contribution >= 4 is 12.1 Å². The molecule has 0 aliphatic carbocycles. The second-order valence-corrected chi connectivity index (χ2v) is 7.20. The number of alkyl halides is 2. The minimum atomic E-state index is -2.95. The van der Waals surface area contributed by atoms with E-state index in [9.17, 15) is 23.5 Å². The van der Waals surface area contributed by atoms with Gasteiger partial charge in [0, 0.05) is 33.6 Å². The summed E-state index contributed by atoms with van der Waals surface area (Å²) in [4.78, 5) is 24.7. The molecule has 1 aromatic rings. The molecule has 0 radical (unpaired) electrons. The number of aliphatic carboxylic acids is 1. The van der Waals surface area contributed by atoms with Crippen LogP contribution in [0.25, 0.3) is 0 Å². The number of ether oxygens (including phenoxy) is 5. The summed E-state index contributed by atoms with van der Waals surface area (Å²) in [6, 6.07) is 6.85. The molecular weight excluding hydrogens is 444 g/mol. The standard InChI is InChI=1S/C22H33F2NO8/c1-4-31-19(20(26)27)15-17-5-7-18(8-6-17)32-12-10-25(21(28)33-14-13-29-3)9-11-30-16-22(2,23)24/h5-8,19H,4,9-16H2,1-3H3,(H,26,27). The smallest absolute Gasteiger partial charge is 0.410 e. The number of halogens is 2. The van der Waals surface area contributed by atoms with Crippen LogP contribution in [0.1, 0.15) is 19.4 Å². The summed E-state index contributed by atoms with van der Waals surface area (Å²) >= 11 is 0. The summed E-state index contributed by atoms with van der Waals surface area (Å²) in [5.41, 5.74) is 0.774. The highest BCUT2D eigenvalue weighted by molar-refractivity contribution is 5.72. The molecule has 9 nitrogen and oxygen atoms in total. The number of methoxy groups -OCH3 is 1. The highest BCUT2D eigenvalue weighted by Gasteiger charge is 2.22. The van der Waals surface area contributed by atoms with E-state index in [1.54, 1.807) is 31.2 Å². The van der Waals surface area contributed by atoms with Crippen LogP contribution in [0.5, 0.6) is 5.75 Å². The number of rotatable bonds is 17. The Balaban J connectivity index is 2.55. The van der Waals surface area contributed by atoms with Gasteiger partial charge in [-0.3, -0.25) is 0 Å². The zero-order valence-corrected chi connectivity index (χ0v) is 19.3. The van der Waals surface area contributed by atoms with Gasteiger partial charge >= 0.3 is 12.1 Å². The summed E-state index contributed by atoms with van der Waals surface area (Å²) in [6.07, 6.45) is -1.33. The Labute approximate surface area is 192 Å². The van der Waals surface area contributed by atoms with Gasteiger partial charge in [0.2, 0.25) is 0 Å². The lowest BCUT2D eigenvalue weighted by molar-refractivity contribution is -0.149. The second-order valence-electron chi connectivity index (χ2n) is 7.20. The maximum atomic E-state index is 12.9. The van der Waals surface area contributed by atoms with Crippen molar-refractivity contribution in [2.75, 3.05) is 59.8 Å². The lowest BCUT2D eigenvalue weighted by Gasteiger charge is -2.22. The van der Waals surface area contributed by atoms with Crippen molar-refractivity contribution in [3.63, 3.8) is 0 Å². The molecule has 0 fully saturated rings. The molecule has 1 N–H and O–H groups in total. The number of carboxylic acid groups (broad SMARTS) is 1. The molecule has 11 heteroatoms. The zero-order chi connectivity index (χ0) is 24.7. The normalized spacial score (nSPS) is 12.3. The van der Waals surface area contributed by atoms with Gasteiger partial charge in [-0.2, -0.15) is 0 Å². The van der Waals surface area contributed by atoms with Gasteiger partial charge in [0.25, 0.3) is 5.92 Å². The third kappa shape index (κ3) is 13.0. The third-order valence-electron chi connectivity index (χ3n) is 4.25. The van der Waals surface area contributed by atoms with Gasteiger partial charge < -0.3 is 33.7 Å². The van der Waals surface area contributed by atoms with Gasteiger partial charge in [-0.25, -0.2) is 18.4 Å². The average Bonchev–Trinajstić information content (AvgIpc) is 2.75. The lowest BCUT2D eigenvalue weighted by Crippen LogP contribution is -2.38. The van der Waals surface area contributed by atoms with Gasteiger partial charge in [-0.05, 0) is 24.6 Å². The number of carbonyl (C=O) groups is 2. The van der Waals surface area contributed by atoms with Crippen LogP contribution < -0.4 is 4.74 Å². The predicted octanol–water partition coefficient (Wildman–Crippen LogP) is 2.85. The van der Waals surface area contributed by atoms with Crippen LogP contribution in [0, 0.1) is 0 Å². The van der Waals surface area contributed by atoms with Gasteiger partial charge in [0.1, 0.15) is 25.6 Å². The third-order valence-corrected chi connectivity index (χ3v) is 4.25. The van der Waals surface area contributed by atoms with Crippen LogP contribution in [0.2, 0.25) is 0 Å². The van der Waals surface area contributed by atoms with Crippen molar-refractivity contribution < 1.29 is 47.2 Å². The Kier molecular flexibility index (Phi) is 13.3. The zero-order valence-electron chi connectivity index (χ0n) is 19.3. The Hall–Kier alpha value is -2.50. The molecular formula is C22H33F2NO8. The molecule has 188 valence electrons. The fraction of sp³-hybridized carbons (Fsp3) is 0.636. The summed E-state index contributed by atoms with van der Waals surface area (Å²) in [5.74, 6) is -3.45. The Morgan fingerprint density at radius 2 is 1.76 bits per heavy atom. The predicted molar refractivity (Wildman–Crippen MR) is 115 cm³/mol. The van der Waals surface area contributed by atoms with E-state index in [1.807, 2.05) is 0 Å². The highest BCUT2D eigenvalue weighted by Crippen LogP contribution is 2.15. The minimum absolute atomic E-state index is 0.0538. The molecule has 0 spiro atoms. The van der Waals surface area contributed by atoms with E-state index >= 15 is 0 Å². The number of hydrogen-bond acceptors (Lipinski definition) is 7. The van der Waals surface area contributed by atoms with Crippen LogP contribution in [0.15, 0.2) is 24.3 Å². The van der Waals surface area contributed by atoms with Crippen molar-refractivity contribution in [2.24, 2.45) is 0 Å². The number of hydrogen-bond donors (Lipinski definition) is 1. The lowest BCUT2D eigenvalue weighted by atomic mass is 10.1. The molecule has 1 rings (SSSR count). The van der Waals surface area contributed by atoms with E-state index in [1.165, 1.54) is 12.0 Å². The monoisotopic (exact) mass is 477 g/mol. The molecule has 0 aliphatic rings. The molecule has 0 saturated heterocycles. The first kappa shape index (κ1) is 28.5. The van der Waals surface area contributed by atoms with E-state index in [-0.39, 0.29) is 45.9 Å². The maximum Gasteiger partial charge on any atom is 0.410 e. The van der Waals surface area contributed by atoms with Crippen LogP contribution in [-0.2, 0) is 30.2 Å². The van der Waals surface area contributed by atoms with Gasteiger partial charge in [-0.15, -0.1) is 0 Å². The molecule has 0 bridgehead atoms. The van der Waals surface area contributed by atoms with E-state index in [0.717, 1.165) is 12.5 Å². The number of amides is 1. The number of benzene rings is 1. The van der Waals surface area contributed by atoms with Crippen molar-refractivity contribution in [1.82, 2.24) is 4.90 Å². The summed E-state index contributed by atoms with van der Waals surface area (Å²) in [7, 11) is 1.47. The van der Waals surface area contributed by atoms with Gasteiger partial charge in [-0.1, -0.05) is 12.1 Å². The quantitative estimate of drug-likeness (QED) is 0.342. The SMILES string of the molecule is CCOC(Cc1ccc(OCCN(CCOCC(C)(F)F)C(=O)OCCOC)cc1)C(=O)O. The second kappa shape index (κ2) is 15.4. The van der Waals surface area contributed by atoms with Gasteiger partial charge in [0.15, 0.2) is 6.10 Å². The molecule has 1 aromatic carbocycles. The fourth-order valence-corrected chi connectivity index (χ4v) is 2.65. The Morgan fingerprint density at radius 3 is 2.33 bits per heavy atom. The maximum absolute atomic E-state index is 12.9. The van der Waals surface area contributed by atoms with Crippen LogP contribution in [0.4, 0.5) is 13.6 Å². The molecule has 0 aliphatic heterocycles. The average molecular weight is 478 g/mol. The first-order chi connectivity index (χ1) is 15.7. The van der Waals surface area contributed by atoms with Crippen molar-refractivity contribution in [3.05, 3.63) is 29.8 Å². The molecule has 1 amide bonds. The largest absolute Gasteiger partial charge is 0.492 e. The molecule has 33 heavy (non-hydrogen) atoms. The first-order valence-electron chi connectivity index (χ1n) is 10.6. The topological polar surface area (TPSA) is 104 Å². The summed E-state index contributed by atoms with van der Waals surface area (Å²) < 4.78 is 51.5. The van der Waals surface area contributed by atoms with Crippen molar-refractivity contribution in [3.8, 4) is 5.75 Å². The molecule has 0 aromatic heterocycles. The Bertz CT molecular complexity index is 697. The fourth-order valence-electron chi connectivity index (χ4n) is 2.65. The molecule has 1 unspecified atom stereocenters. The number of carboxylic acids is 1. The van der Waals surface area contributed by atoms with Gasteiger partial charge in [0.05, 0.1) is 19.8 Å². The van der Waals surface area contributed by atoms with E-state index in [2.05, 4.69) is 0 Å². The van der Waals surface area contributed by atoms with Crippen molar-refractivity contribution in [1.29, 1.82) is 0 Å². The molecule has 0 heterocycles. The summed E-state index contributed by atoms with van der Waals surface area (Å²) in [5, 5.41) is 9.17. The van der Waals surface area contributed by atoms with Crippen LogP contribution in [0.3, 0.4) is 0 Å². The Morgan fingerprint density at radius 1 is 1.09 bits per heavy atom. The molecule has 1 atom stereocenters. The summed E-state index contributed by atoms with van der Waals surface area (Å²) in [6.45, 7) is 2.57. The number of carbonyl (C=O) groups excluding carboxylic acids is 1. The van der Waals surface area contributed by atoms with Crippen LogP contribution in [-0.4, -0.2) is 93.9 Å². The van der Waals surface area contributed by atoms with Crippen molar-refractivity contribution in [2.45, 2.75) is 32.3 Å². The van der Waals surface area contributed by atoms with E-state index < -0.39 is 30.7 Å². The first-order valence-corrected chi connectivity index (χ1v) is 10.6. The van der Waals surface area contributed by atoms with E-state index in [4.69, 9.17) is 23.7 Å². The minimum Gasteiger partial charge on any atom is -0.492 e.